The largest absolute Gasteiger partial charge is 0.352 e. The van der Waals surface area contributed by atoms with Gasteiger partial charge in [0.25, 0.3) is 5.91 Å². The van der Waals surface area contributed by atoms with E-state index < -0.39 is 0 Å². The first-order valence-electron chi connectivity index (χ1n) is 8.65. The molecule has 0 unspecified atom stereocenters. The lowest BCUT2D eigenvalue weighted by Crippen LogP contribution is -2.25. The molecule has 0 aliphatic heterocycles. The maximum atomic E-state index is 12.3. The summed E-state index contributed by atoms with van der Waals surface area (Å²) in [5.74, 6) is 0.540. The highest BCUT2D eigenvalue weighted by Gasteiger charge is 2.08. The molecule has 2 aromatic rings. The number of carbonyl (C=O) groups is 1. The van der Waals surface area contributed by atoms with Gasteiger partial charge in [-0.3, -0.25) is 4.79 Å². The summed E-state index contributed by atoms with van der Waals surface area (Å²) in [6, 6.07) is 10.9. The van der Waals surface area contributed by atoms with E-state index in [1.165, 1.54) is 31.3 Å². The molecular weight excluding hydrogens is 334 g/mol. The van der Waals surface area contributed by atoms with Crippen LogP contribution in [-0.2, 0) is 0 Å². The molecule has 1 heterocycles. The van der Waals surface area contributed by atoms with Crippen molar-refractivity contribution in [1.29, 1.82) is 0 Å². The molecule has 0 saturated carbocycles. The van der Waals surface area contributed by atoms with Crippen LogP contribution >= 0.6 is 11.6 Å². The Kier molecular flexibility index (Phi) is 6.07. The Labute approximate surface area is 153 Å². The minimum Gasteiger partial charge on any atom is -0.352 e. The van der Waals surface area contributed by atoms with Gasteiger partial charge in [0.15, 0.2) is 0 Å². The maximum Gasteiger partial charge on any atom is 0.251 e. The molecule has 0 saturated heterocycles. The third kappa shape index (κ3) is 5.33. The van der Waals surface area contributed by atoms with Crippen molar-refractivity contribution in [1.82, 2.24) is 10.3 Å². The Morgan fingerprint density at radius 2 is 2.12 bits per heavy atom. The average Bonchev–Trinajstić information content (AvgIpc) is 2.63. The van der Waals surface area contributed by atoms with Gasteiger partial charge in [-0.15, -0.1) is 0 Å². The van der Waals surface area contributed by atoms with E-state index in [-0.39, 0.29) is 5.91 Å². The topological polar surface area (TPSA) is 54.0 Å². The van der Waals surface area contributed by atoms with Gasteiger partial charge in [0.05, 0.1) is 0 Å². The van der Waals surface area contributed by atoms with E-state index in [4.69, 9.17) is 11.6 Å². The zero-order chi connectivity index (χ0) is 17.5. The Bertz CT molecular complexity index is 773. The van der Waals surface area contributed by atoms with Crippen LogP contribution in [0, 0.1) is 0 Å². The summed E-state index contributed by atoms with van der Waals surface area (Å²) in [7, 11) is 0. The Morgan fingerprint density at radius 1 is 1.20 bits per heavy atom. The van der Waals surface area contributed by atoms with Gasteiger partial charge in [-0.05, 0) is 62.4 Å². The molecule has 2 N–H and O–H groups in total. The van der Waals surface area contributed by atoms with Gasteiger partial charge >= 0.3 is 0 Å². The van der Waals surface area contributed by atoms with Crippen molar-refractivity contribution in [2.45, 2.75) is 32.1 Å². The Balaban J connectivity index is 1.56. The fourth-order valence-electron chi connectivity index (χ4n) is 2.92. The zero-order valence-electron chi connectivity index (χ0n) is 14.1. The van der Waals surface area contributed by atoms with Crippen LogP contribution in [0.15, 0.2) is 54.2 Å². The molecule has 4 nitrogen and oxygen atoms in total. The van der Waals surface area contributed by atoms with E-state index in [1.54, 1.807) is 18.3 Å². The summed E-state index contributed by atoms with van der Waals surface area (Å²) in [5.41, 5.74) is 2.89. The summed E-state index contributed by atoms with van der Waals surface area (Å²) in [5, 5.41) is 6.80. The molecule has 0 radical (unpaired) electrons. The second kappa shape index (κ2) is 8.67. The monoisotopic (exact) mass is 355 g/mol. The van der Waals surface area contributed by atoms with Crippen molar-refractivity contribution in [3.8, 4) is 0 Å². The molecule has 3 rings (SSSR count). The van der Waals surface area contributed by atoms with Gasteiger partial charge in [0.1, 0.15) is 5.82 Å². The summed E-state index contributed by atoms with van der Waals surface area (Å²) in [4.78, 5) is 16.6. The highest BCUT2D eigenvalue weighted by atomic mass is 35.5. The number of allylic oxidation sites excluding steroid dienone is 1. The molecule has 0 atom stereocenters. The summed E-state index contributed by atoms with van der Waals surface area (Å²) in [6.07, 6.45) is 9.77. The fraction of sp³-hybridized carbons (Fsp3) is 0.300. The van der Waals surface area contributed by atoms with Crippen molar-refractivity contribution in [2.24, 2.45) is 0 Å². The van der Waals surface area contributed by atoms with Crippen LogP contribution in [0.2, 0.25) is 5.02 Å². The van der Waals surface area contributed by atoms with Crippen LogP contribution in [0.5, 0.6) is 0 Å². The van der Waals surface area contributed by atoms with E-state index in [9.17, 15) is 4.79 Å². The highest BCUT2D eigenvalue weighted by Crippen LogP contribution is 2.20. The van der Waals surface area contributed by atoms with Crippen molar-refractivity contribution in [3.63, 3.8) is 0 Å². The Morgan fingerprint density at radius 3 is 2.92 bits per heavy atom. The van der Waals surface area contributed by atoms with E-state index in [0.717, 1.165) is 12.1 Å². The molecule has 0 bridgehead atoms. The van der Waals surface area contributed by atoms with Crippen LogP contribution in [0.4, 0.5) is 11.5 Å². The smallest absolute Gasteiger partial charge is 0.251 e. The van der Waals surface area contributed by atoms with Crippen LogP contribution in [0.1, 0.15) is 42.5 Å². The molecule has 130 valence electrons. The quantitative estimate of drug-likeness (QED) is 0.709. The number of nitrogens with zero attached hydrogens (tertiary/aromatic N) is 1. The number of hydrogen-bond acceptors (Lipinski definition) is 3. The molecule has 0 spiro atoms. The van der Waals surface area contributed by atoms with Gasteiger partial charge in [-0.25, -0.2) is 4.98 Å². The van der Waals surface area contributed by atoms with Crippen LogP contribution < -0.4 is 10.6 Å². The van der Waals surface area contributed by atoms with Gasteiger partial charge in [-0.1, -0.05) is 29.3 Å². The Hall–Kier alpha value is -2.33. The van der Waals surface area contributed by atoms with Gasteiger partial charge < -0.3 is 10.6 Å². The predicted molar refractivity (Wildman–Crippen MR) is 102 cm³/mol. The van der Waals surface area contributed by atoms with E-state index in [1.807, 2.05) is 24.3 Å². The second-order valence-corrected chi connectivity index (χ2v) is 6.62. The fourth-order valence-corrected chi connectivity index (χ4v) is 3.11. The number of pyridine rings is 1. The number of carbonyl (C=O) groups excluding carboxylic acids is 1. The summed E-state index contributed by atoms with van der Waals surface area (Å²) in [6.45, 7) is 0.671. The van der Waals surface area contributed by atoms with Crippen molar-refractivity contribution in [2.75, 3.05) is 11.9 Å². The first-order valence-corrected chi connectivity index (χ1v) is 9.03. The zero-order valence-corrected chi connectivity index (χ0v) is 14.9. The number of amides is 1. The molecule has 1 aliphatic carbocycles. The standard InChI is InChI=1S/C20H22ClN3O/c21-17-7-4-8-18(14-17)24-19-13-16(10-12-22-19)20(25)23-11-9-15-5-2-1-3-6-15/h4-5,7-8,10,12-14H,1-3,6,9,11H2,(H,22,24)(H,23,25). The van der Waals surface area contributed by atoms with Crippen molar-refractivity contribution in [3.05, 3.63) is 64.8 Å². The predicted octanol–water partition coefficient (Wildman–Crippen LogP) is 5.10. The normalized spacial score (nSPS) is 13.9. The first-order chi connectivity index (χ1) is 12.2. The second-order valence-electron chi connectivity index (χ2n) is 6.18. The molecule has 1 amide bonds. The summed E-state index contributed by atoms with van der Waals surface area (Å²) < 4.78 is 0. The van der Waals surface area contributed by atoms with Crippen LogP contribution in [0.25, 0.3) is 0 Å². The third-order valence-electron chi connectivity index (χ3n) is 4.24. The van der Waals surface area contributed by atoms with Crippen LogP contribution in [0.3, 0.4) is 0 Å². The molecular formula is C20H22ClN3O. The maximum absolute atomic E-state index is 12.3. The highest BCUT2D eigenvalue weighted by molar-refractivity contribution is 6.30. The number of hydrogen-bond donors (Lipinski definition) is 2. The molecule has 1 aromatic carbocycles. The lowest BCUT2D eigenvalue weighted by atomic mass is 9.97. The lowest BCUT2D eigenvalue weighted by Gasteiger charge is -2.13. The van der Waals surface area contributed by atoms with E-state index in [0.29, 0.717) is 22.9 Å². The van der Waals surface area contributed by atoms with Gasteiger partial charge in [0.2, 0.25) is 0 Å². The van der Waals surface area contributed by atoms with Gasteiger partial charge in [0, 0.05) is 29.0 Å². The number of nitrogens with one attached hydrogen (secondary N) is 2. The van der Waals surface area contributed by atoms with E-state index in [2.05, 4.69) is 21.7 Å². The first kappa shape index (κ1) is 17.5. The minimum atomic E-state index is -0.0760. The number of benzene rings is 1. The minimum absolute atomic E-state index is 0.0760. The molecule has 1 aromatic heterocycles. The molecule has 0 fully saturated rings. The van der Waals surface area contributed by atoms with E-state index >= 15 is 0 Å². The third-order valence-corrected chi connectivity index (χ3v) is 4.47. The van der Waals surface area contributed by atoms with Gasteiger partial charge in [-0.2, -0.15) is 0 Å². The number of halogens is 1. The number of aromatic nitrogens is 1. The average molecular weight is 356 g/mol. The van der Waals surface area contributed by atoms with Crippen molar-refractivity contribution >= 4 is 29.0 Å². The SMILES string of the molecule is O=C(NCCC1=CCCCC1)c1ccnc(Nc2cccc(Cl)c2)c1. The van der Waals surface area contributed by atoms with Crippen LogP contribution in [-0.4, -0.2) is 17.4 Å². The number of anilines is 2. The summed E-state index contributed by atoms with van der Waals surface area (Å²) >= 11 is 5.98. The molecule has 1 aliphatic rings. The van der Waals surface area contributed by atoms with Crippen molar-refractivity contribution < 1.29 is 4.79 Å². The molecule has 25 heavy (non-hydrogen) atoms. The number of rotatable bonds is 6. The lowest BCUT2D eigenvalue weighted by molar-refractivity contribution is 0.0954. The molecule has 5 heteroatoms.